The minimum Gasteiger partial charge on any atom is -0.352 e. The van der Waals surface area contributed by atoms with Crippen molar-refractivity contribution in [2.24, 2.45) is 0 Å². The van der Waals surface area contributed by atoms with Crippen molar-refractivity contribution < 1.29 is 9.59 Å². The van der Waals surface area contributed by atoms with Crippen LogP contribution in [-0.4, -0.2) is 41.4 Å². The molecule has 0 unspecified atom stereocenters. The predicted molar refractivity (Wildman–Crippen MR) is 140 cm³/mol. The van der Waals surface area contributed by atoms with Gasteiger partial charge in [-0.2, -0.15) is 0 Å². The normalized spacial score (nSPS) is 22.7. The van der Waals surface area contributed by atoms with Gasteiger partial charge < -0.3 is 10.6 Å². The molecule has 0 spiro atoms. The number of carbonyl (C=O) groups is 2. The molecule has 0 aromatic heterocycles. The van der Waals surface area contributed by atoms with Gasteiger partial charge in [-0.05, 0) is 60.5 Å². The molecule has 0 aliphatic carbocycles. The summed E-state index contributed by atoms with van der Waals surface area (Å²) in [4.78, 5) is 27.7. The number of hydrogen-bond acceptors (Lipinski definition) is 3. The van der Waals surface area contributed by atoms with Gasteiger partial charge in [0.25, 0.3) is 0 Å². The second-order valence-electron chi connectivity index (χ2n) is 10.3. The number of hydrogen-bond donors (Lipinski definition) is 2. The molecule has 0 radical (unpaired) electrons. The van der Waals surface area contributed by atoms with Crippen molar-refractivity contribution in [1.82, 2.24) is 15.5 Å². The lowest BCUT2D eigenvalue weighted by Crippen LogP contribution is -2.48. The Balaban J connectivity index is 1.19. The van der Waals surface area contributed by atoms with Gasteiger partial charge in [-0.15, -0.1) is 0 Å². The summed E-state index contributed by atoms with van der Waals surface area (Å²) < 4.78 is 0. The van der Waals surface area contributed by atoms with Crippen molar-refractivity contribution in [3.05, 3.63) is 83.9 Å². The SMILES string of the molecule is O=C(CC[C@@]1(Cc2cccc3ccccc23)CCC(=O)N1)N[C@H]1CCCN(Cc2ccccc2)C1. The lowest BCUT2D eigenvalue weighted by atomic mass is 9.83. The molecule has 2 aliphatic rings. The van der Waals surface area contributed by atoms with E-state index in [-0.39, 0.29) is 23.4 Å². The molecule has 2 fully saturated rings. The van der Waals surface area contributed by atoms with Crippen LogP contribution in [0.1, 0.15) is 49.7 Å². The number of nitrogens with one attached hydrogen (secondary N) is 2. The maximum Gasteiger partial charge on any atom is 0.220 e. The Morgan fingerprint density at radius 2 is 1.83 bits per heavy atom. The Bertz CT molecular complexity index is 1170. The Kier molecular flexibility index (Phi) is 7.14. The second kappa shape index (κ2) is 10.6. The summed E-state index contributed by atoms with van der Waals surface area (Å²) in [6, 6.07) is 25.4. The van der Waals surface area contributed by atoms with Crippen molar-refractivity contribution in [2.45, 2.75) is 63.1 Å². The van der Waals surface area contributed by atoms with Gasteiger partial charge in [0.05, 0.1) is 0 Å². The monoisotopic (exact) mass is 469 g/mol. The minimum absolute atomic E-state index is 0.0921. The average molecular weight is 470 g/mol. The molecule has 2 N–H and O–H groups in total. The smallest absolute Gasteiger partial charge is 0.220 e. The molecule has 182 valence electrons. The number of nitrogens with zero attached hydrogens (tertiary/aromatic N) is 1. The summed E-state index contributed by atoms with van der Waals surface area (Å²) in [5, 5.41) is 8.96. The third-order valence-electron chi connectivity index (χ3n) is 7.59. The molecule has 2 atom stereocenters. The standard InChI is InChI=1S/C30H35N3O2/c34-28(31-26-13-7-19-33(22-26)21-23-8-2-1-3-9-23)15-17-30(18-16-29(35)32-30)20-25-12-6-11-24-10-4-5-14-27(24)25/h1-6,8-12,14,26H,7,13,15-22H2,(H,31,34)(H,32,35)/t26-,30-/m0/s1. The summed E-state index contributed by atoms with van der Waals surface area (Å²) in [6.45, 7) is 2.88. The zero-order valence-corrected chi connectivity index (χ0v) is 20.3. The van der Waals surface area contributed by atoms with E-state index in [4.69, 9.17) is 0 Å². The zero-order chi connectivity index (χ0) is 24.1. The molecule has 35 heavy (non-hydrogen) atoms. The van der Waals surface area contributed by atoms with Crippen LogP contribution >= 0.6 is 0 Å². The van der Waals surface area contributed by atoms with Crippen LogP contribution in [0.25, 0.3) is 10.8 Å². The first kappa shape index (κ1) is 23.6. The molecule has 2 aliphatic heterocycles. The molecule has 0 saturated carbocycles. The fraction of sp³-hybridized carbons (Fsp3) is 0.400. The predicted octanol–water partition coefficient (Wildman–Crippen LogP) is 4.59. The summed E-state index contributed by atoms with van der Waals surface area (Å²) >= 11 is 0. The van der Waals surface area contributed by atoms with Crippen molar-refractivity contribution in [3.63, 3.8) is 0 Å². The quantitative estimate of drug-likeness (QED) is 0.507. The first-order chi connectivity index (χ1) is 17.1. The third kappa shape index (κ3) is 5.91. The highest BCUT2D eigenvalue weighted by Crippen LogP contribution is 2.32. The fourth-order valence-corrected chi connectivity index (χ4v) is 5.80. The van der Waals surface area contributed by atoms with E-state index in [1.807, 2.05) is 6.07 Å². The van der Waals surface area contributed by atoms with Gasteiger partial charge in [0.15, 0.2) is 0 Å². The van der Waals surface area contributed by atoms with Crippen LogP contribution in [0.2, 0.25) is 0 Å². The van der Waals surface area contributed by atoms with Crippen LogP contribution in [0.15, 0.2) is 72.8 Å². The van der Waals surface area contributed by atoms with Gasteiger partial charge in [0.2, 0.25) is 11.8 Å². The average Bonchev–Trinajstić information content (AvgIpc) is 3.24. The lowest BCUT2D eigenvalue weighted by Gasteiger charge is -2.34. The number of carbonyl (C=O) groups excluding carboxylic acids is 2. The van der Waals surface area contributed by atoms with E-state index in [9.17, 15) is 9.59 Å². The van der Waals surface area contributed by atoms with E-state index in [1.54, 1.807) is 0 Å². The number of fused-ring (bicyclic) bond motifs is 1. The second-order valence-corrected chi connectivity index (χ2v) is 10.3. The van der Waals surface area contributed by atoms with Crippen molar-refractivity contribution in [2.75, 3.05) is 13.1 Å². The molecule has 5 nitrogen and oxygen atoms in total. The first-order valence-corrected chi connectivity index (χ1v) is 12.9. The topological polar surface area (TPSA) is 61.4 Å². The highest BCUT2D eigenvalue weighted by Gasteiger charge is 2.38. The summed E-state index contributed by atoms with van der Waals surface area (Å²) in [6.07, 6.45) is 5.27. The number of rotatable bonds is 8. The highest BCUT2D eigenvalue weighted by molar-refractivity contribution is 5.86. The Hall–Kier alpha value is -3.18. The van der Waals surface area contributed by atoms with Crippen molar-refractivity contribution in [1.29, 1.82) is 0 Å². The molecule has 2 heterocycles. The van der Waals surface area contributed by atoms with Gasteiger partial charge in [-0.25, -0.2) is 0 Å². The molecule has 3 aromatic rings. The van der Waals surface area contributed by atoms with E-state index in [0.29, 0.717) is 19.3 Å². The van der Waals surface area contributed by atoms with Crippen molar-refractivity contribution in [3.8, 4) is 0 Å². The molecule has 0 bridgehead atoms. The van der Waals surface area contributed by atoms with Crippen LogP contribution in [0.5, 0.6) is 0 Å². The van der Waals surface area contributed by atoms with E-state index in [2.05, 4.69) is 82.3 Å². The molecule has 3 aromatic carbocycles. The van der Waals surface area contributed by atoms with Gasteiger partial charge in [0, 0.05) is 37.5 Å². The largest absolute Gasteiger partial charge is 0.352 e. The summed E-state index contributed by atoms with van der Waals surface area (Å²) in [5.74, 6) is 0.185. The lowest BCUT2D eigenvalue weighted by molar-refractivity contribution is -0.123. The van der Waals surface area contributed by atoms with E-state index < -0.39 is 0 Å². The number of amides is 2. The van der Waals surface area contributed by atoms with Crippen LogP contribution < -0.4 is 10.6 Å². The highest BCUT2D eigenvalue weighted by atomic mass is 16.2. The number of piperidine rings is 1. The first-order valence-electron chi connectivity index (χ1n) is 12.9. The molecule has 5 heteroatoms. The molecule has 2 saturated heterocycles. The Morgan fingerprint density at radius 1 is 1.03 bits per heavy atom. The van der Waals surface area contributed by atoms with Crippen molar-refractivity contribution >= 4 is 22.6 Å². The van der Waals surface area contributed by atoms with E-state index >= 15 is 0 Å². The fourth-order valence-electron chi connectivity index (χ4n) is 5.80. The third-order valence-corrected chi connectivity index (χ3v) is 7.59. The van der Waals surface area contributed by atoms with Gasteiger partial charge in [0.1, 0.15) is 0 Å². The van der Waals surface area contributed by atoms with Gasteiger partial charge in [-0.1, -0.05) is 72.8 Å². The maximum absolute atomic E-state index is 13.0. The number of benzene rings is 3. The van der Waals surface area contributed by atoms with Crippen LogP contribution in [0, 0.1) is 0 Å². The van der Waals surface area contributed by atoms with Gasteiger partial charge >= 0.3 is 0 Å². The zero-order valence-electron chi connectivity index (χ0n) is 20.3. The van der Waals surface area contributed by atoms with E-state index in [0.717, 1.165) is 45.3 Å². The van der Waals surface area contributed by atoms with Crippen LogP contribution in [0.3, 0.4) is 0 Å². The summed E-state index contributed by atoms with van der Waals surface area (Å²) in [5.41, 5.74) is 2.19. The van der Waals surface area contributed by atoms with Gasteiger partial charge in [-0.3, -0.25) is 14.5 Å². The Labute approximate surface area is 207 Å². The van der Waals surface area contributed by atoms with Crippen LogP contribution in [0.4, 0.5) is 0 Å². The summed E-state index contributed by atoms with van der Waals surface area (Å²) in [7, 11) is 0. The molecular weight excluding hydrogens is 434 g/mol. The van der Waals surface area contributed by atoms with E-state index in [1.165, 1.54) is 21.9 Å². The molecular formula is C30H35N3O2. The minimum atomic E-state index is -0.357. The molecule has 2 amide bonds. The Morgan fingerprint density at radius 3 is 2.66 bits per heavy atom. The molecule has 5 rings (SSSR count). The number of likely N-dealkylation sites (tertiary alicyclic amines) is 1. The maximum atomic E-state index is 13.0. The van der Waals surface area contributed by atoms with Crippen LogP contribution in [-0.2, 0) is 22.6 Å².